The highest BCUT2D eigenvalue weighted by atomic mass is 35.5. The summed E-state index contributed by atoms with van der Waals surface area (Å²) in [6.45, 7) is 2.35. The van der Waals surface area contributed by atoms with E-state index in [2.05, 4.69) is 6.92 Å². The Morgan fingerprint density at radius 3 is 2.14 bits per heavy atom. The monoisotopic (exact) mass is 426 g/mol. The molecule has 1 heterocycles. The number of aryl methyl sites for hydroxylation is 1. The molecule has 2 fully saturated rings. The van der Waals surface area contributed by atoms with Crippen LogP contribution in [0.3, 0.4) is 0 Å². The molecule has 0 bridgehead atoms. The molecule has 4 heteroatoms. The molecule has 1 aromatic rings. The first-order chi connectivity index (χ1) is 13.6. The van der Waals surface area contributed by atoms with Gasteiger partial charge in [0.05, 0.1) is 0 Å². The third-order valence-corrected chi connectivity index (χ3v) is 11.6. The van der Waals surface area contributed by atoms with E-state index in [-0.39, 0.29) is 13.8 Å². The molecular formula is C24H37ClF2Si. The fraction of sp³-hybridized carbons (Fsp3) is 0.750. The van der Waals surface area contributed by atoms with Crippen molar-refractivity contribution in [3.05, 3.63) is 34.4 Å². The zero-order valence-electron chi connectivity index (χ0n) is 17.5. The van der Waals surface area contributed by atoms with Crippen molar-refractivity contribution >= 4 is 20.4 Å². The van der Waals surface area contributed by atoms with E-state index in [0.717, 1.165) is 42.6 Å². The second kappa shape index (κ2) is 11.1. The summed E-state index contributed by atoms with van der Waals surface area (Å²) in [7, 11) is -0.340. The summed E-state index contributed by atoms with van der Waals surface area (Å²) in [6, 6.07) is 7.58. The van der Waals surface area contributed by atoms with Gasteiger partial charge in [0, 0.05) is 8.80 Å². The molecule has 0 N–H and O–H groups in total. The molecule has 2 aliphatic rings. The molecule has 1 saturated heterocycles. The lowest BCUT2D eigenvalue weighted by Gasteiger charge is -2.37. The zero-order chi connectivity index (χ0) is 19.9. The molecular weight excluding hydrogens is 390 g/mol. The van der Waals surface area contributed by atoms with E-state index in [1.165, 1.54) is 50.7 Å². The van der Waals surface area contributed by atoms with E-state index in [9.17, 15) is 8.78 Å². The van der Waals surface area contributed by atoms with Crippen molar-refractivity contribution in [1.82, 2.24) is 0 Å². The van der Waals surface area contributed by atoms with Gasteiger partial charge in [-0.2, -0.15) is 0 Å². The second-order valence-electron chi connectivity index (χ2n) is 9.47. The Morgan fingerprint density at radius 2 is 1.54 bits per heavy atom. The Labute approximate surface area is 177 Å². The van der Waals surface area contributed by atoms with Gasteiger partial charge in [0.2, 0.25) is 0 Å². The molecule has 3 rings (SSSR count). The van der Waals surface area contributed by atoms with Crippen molar-refractivity contribution in [1.29, 1.82) is 0 Å². The standard InChI is InChI=1S/C24H37ClF2Si/c1-2-13-28-14-11-21(12-15-28)20-9-7-18(8-10-20)5-3-4-6-19-16-22(26)24(25)23(27)17-19/h16-18,20-21,28H,2-15H2,1H3. The summed E-state index contributed by atoms with van der Waals surface area (Å²) in [5.74, 6) is 1.65. The first-order valence-electron chi connectivity index (χ1n) is 11.7. The zero-order valence-corrected chi connectivity index (χ0v) is 19.4. The molecule has 1 aliphatic carbocycles. The van der Waals surface area contributed by atoms with Crippen LogP contribution in [0.5, 0.6) is 0 Å². The Morgan fingerprint density at radius 1 is 0.929 bits per heavy atom. The fourth-order valence-electron chi connectivity index (χ4n) is 5.82. The summed E-state index contributed by atoms with van der Waals surface area (Å²) in [4.78, 5) is 0. The highest BCUT2D eigenvalue weighted by Crippen LogP contribution is 2.42. The molecule has 0 radical (unpaired) electrons. The average Bonchev–Trinajstić information content (AvgIpc) is 2.71. The van der Waals surface area contributed by atoms with Crippen molar-refractivity contribution in [2.45, 2.75) is 95.7 Å². The van der Waals surface area contributed by atoms with Gasteiger partial charge in [-0.25, -0.2) is 8.78 Å². The minimum atomic E-state index is -0.638. The lowest BCUT2D eigenvalue weighted by molar-refractivity contribution is 0.184. The summed E-state index contributed by atoms with van der Waals surface area (Å²) in [5, 5.41) is -0.387. The van der Waals surface area contributed by atoms with Gasteiger partial charge < -0.3 is 0 Å². The van der Waals surface area contributed by atoms with Gasteiger partial charge in [0.15, 0.2) is 0 Å². The largest absolute Gasteiger partial charge is 0.205 e. The summed E-state index contributed by atoms with van der Waals surface area (Å²) >= 11 is 5.55. The average molecular weight is 427 g/mol. The predicted octanol–water partition coefficient (Wildman–Crippen LogP) is 8.18. The van der Waals surface area contributed by atoms with E-state index in [1.807, 2.05) is 0 Å². The van der Waals surface area contributed by atoms with Crippen LogP contribution < -0.4 is 0 Å². The Bertz CT molecular complexity index is 582. The lowest BCUT2D eigenvalue weighted by Crippen LogP contribution is -2.28. The molecule has 0 amide bonds. The first kappa shape index (κ1) is 22.3. The number of hydrogen-bond acceptors (Lipinski definition) is 0. The van der Waals surface area contributed by atoms with Crippen LogP contribution in [0.25, 0.3) is 0 Å². The van der Waals surface area contributed by atoms with Gasteiger partial charge in [-0.1, -0.05) is 81.6 Å². The minimum Gasteiger partial charge on any atom is -0.205 e. The van der Waals surface area contributed by atoms with E-state index in [1.54, 1.807) is 31.0 Å². The summed E-state index contributed by atoms with van der Waals surface area (Å²) in [5.41, 5.74) is 0.727. The van der Waals surface area contributed by atoms with E-state index in [0.29, 0.717) is 0 Å². The van der Waals surface area contributed by atoms with Crippen LogP contribution in [0, 0.1) is 29.4 Å². The van der Waals surface area contributed by atoms with E-state index < -0.39 is 11.6 Å². The lowest BCUT2D eigenvalue weighted by atomic mass is 9.73. The van der Waals surface area contributed by atoms with Gasteiger partial charge in [-0.15, -0.1) is 0 Å². The van der Waals surface area contributed by atoms with Crippen LogP contribution in [0.15, 0.2) is 12.1 Å². The number of benzene rings is 1. The number of unbranched alkanes of at least 4 members (excludes halogenated alkanes) is 1. The van der Waals surface area contributed by atoms with Crippen LogP contribution in [-0.2, 0) is 6.42 Å². The normalized spacial score (nSPS) is 28.4. The maximum Gasteiger partial charge on any atom is 0.145 e. The van der Waals surface area contributed by atoms with Gasteiger partial charge in [0.25, 0.3) is 0 Å². The number of hydrogen-bond donors (Lipinski definition) is 0. The minimum absolute atomic E-state index is 0.340. The molecule has 1 aromatic carbocycles. The van der Waals surface area contributed by atoms with Gasteiger partial charge in [-0.05, 0) is 61.1 Å². The molecule has 0 unspecified atom stereocenters. The Balaban J connectivity index is 1.31. The molecule has 0 nitrogen and oxygen atoms in total. The fourth-order valence-corrected chi connectivity index (χ4v) is 9.41. The maximum atomic E-state index is 13.5. The highest BCUT2D eigenvalue weighted by Gasteiger charge is 2.30. The molecule has 0 spiro atoms. The van der Waals surface area contributed by atoms with Crippen LogP contribution in [0.2, 0.25) is 23.2 Å². The van der Waals surface area contributed by atoms with Gasteiger partial charge >= 0.3 is 0 Å². The maximum absolute atomic E-state index is 13.5. The van der Waals surface area contributed by atoms with Gasteiger partial charge in [0.1, 0.15) is 16.7 Å². The predicted molar refractivity (Wildman–Crippen MR) is 119 cm³/mol. The van der Waals surface area contributed by atoms with Crippen LogP contribution in [-0.4, -0.2) is 8.80 Å². The molecule has 28 heavy (non-hydrogen) atoms. The van der Waals surface area contributed by atoms with Crippen molar-refractivity contribution in [2.24, 2.45) is 17.8 Å². The van der Waals surface area contributed by atoms with Crippen molar-refractivity contribution in [3.8, 4) is 0 Å². The number of halogens is 3. The van der Waals surface area contributed by atoms with Crippen molar-refractivity contribution < 1.29 is 8.78 Å². The third kappa shape index (κ3) is 6.29. The molecule has 158 valence electrons. The Kier molecular flexibility index (Phi) is 8.84. The SMILES string of the molecule is CCC[SiH]1CCC(C2CCC(CCCCc3cc(F)c(Cl)c(F)c3)CC2)CC1. The van der Waals surface area contributed by atoms with Gasteiger partial charge in [-0.3, -0.25) is 0 Å². The molecule has 0 aromatic heterocycles. The van der Waals surface area contributed by atoms with Crippen LogP contribution >= 0.6 is 11.6 Å². The quantitative estimate of drug-likeness (QED) is 0.223. The number of rotatable bonds is 8. The second-order valence-corrected chi connectivity index (χ2v) is 13.3. The van der Waals surface area contributed by atoms with Crippen molar-refractivity contribution in [2.75, 3.05) is 0 Å². The molecule has 1 saturated carbocycles. The van der Waals surface area contributed by atoms with Crippen molar-refractivity contribution in [3.63, 3.8) is 0 Å². The first-order valence-corrected chi connectivity index (χ1v) is 14.5. The topological polar surface area (TPSA) is 0 Å². The summed E-state index contributed by atoms with van der Waals surface area (Å²) < 4.78 is 27.0. The summed E-state index contributed by atoms with van der Waals surface area (Å²) in [6.07, 6.45) is 14.4. The smallest absolute Gasteiger partial charge is 0.145 e. The van der Waals surface area contributed by atoms with E-state index >= 15 is 0 Å². The Hall–Kier alpha value is -0.413. The third-order valence-electron chi connectivity index (χ3n) is 7.52. The van der Waals surface area contributed by atoms with E-state index in [4.69, 9.17) is 11.6 Å². The van der Waals surface area contributed by atoms with Crippen LogP contribution in [0.4, 0.5) is 8.78 Å². The molecule has 0 atom stereocenters. The van der Waals surface area contributed by atoms with Crippen LogP contribution in [0.1, 0.15) is 76.7 Å². The highest BCUT2D eigenvalue weighted by molar-refractivity contribution is 6.58. The molecule has 1 aliphatic heterocycles.